The first kappa shape index (κ1) is 28.8. The van der Waals surface area contributed by atoms with Crippen molar-refractivity contribution in [2.75, 3.05) is 35.1 Å². The monoisotopic (exact) mass is 531 g/mol. The van der Waals surface area contributed by atoms with Crippen molar-refractivity contribution in [1.82, 2.24) is 4.98 Å². The van der Waals surface area contributed by atoms with Crippen LogP contribution < -0.4 is 19.1 Å². The van der Waals surface area contributed by atoms with Gasteiger partial charge in [0.1, 0.15) is 0 Å². The maximum absolute atomic E-state index is 12.5. The number of sulfonamides is 1. The Labute approximate surface area is 221 Å². The maximum atomic E-state index is 12.5. The zero-order valence-corrected chi connectivity index (χ0v) is 23.0. The van der Waals surface area contributed by atoms with E-state index in [2.05, 4.69) is 26.7 Å². The van der Waals surface area contributed by atoms with Crippen LogP contribution in [0.25, 0.3) is 0 Å². The third-order valence-corrected chi connectivity index (χ3v) is 7.94. The molecule has 3 rings (SSSR count). The number of para-hydroxylation sites is 1. The summed E-state index contributed by atoms with van der Waals surface area (Å²) in [4.78, 5) is 18.8. The molecule has 2 heterocycles. The van der Waals surface area contributed by atoms with E-state index in [0.717, 1.165) is 38.8 Å². The van der Waals surface area contributed by atoms with Gasteiger partial charge in [-0.3, -0.25) is 14.5 Å². The average molecular weight is 532 g/mol. The van der Waals surface area contributed by atoms with E-state index in [4.69, 9.17) is 9.47 Å². The Morgan fingerprint density at radius 3 is 2.51 bits per heavy atom. The molecule has 204 valence electrons. The van der Waals surface area contributed by atoms with Crippen LogP contribution >= 0.6 is 0 Å². The predicted octanol–water partition coefficient (Wildman–Crippen LogP) is 5.79. The van der Waals surface area contributed by atoms with E-state index in [9.17, 15) is 13.2 Å². The van der Waals surface area contributed by atoms with Gasteiger partial charge in [-0.15, -0.1) is 0 Å². The van der Waals surface area contributed by atoms with Crippen molar-refractivity contribution in [1.29, 1.82) is 0 Å². The van der Waals surface area contributed by atoms with E-state index in [1.54, 1.807) is 18.2 Å². The summed E-state index contributed by atoms with van der Waals surface area (Å²) in [7, 11) is -3.55. The summed E-state index contributed by atoms with van der Waals surface area (Å²) >= 11 is 0. The van der Waals surface area contributed by atoms with E-state index in [1.807, 2.05) is 26.2 Å². The molecule has 0 spiro atoms. The Morgan fingerprint density at radius 2 is 1.81 bits per heavy atom. The smallest absolute Gasteiger partial charge is 0.311 e. The molecule has 37 heavy (non-hydrogen) atoms. The lowest BCUT2D eigenvalue weighted by Crippen LogP contribution is -2.33. The van der Waals surface area contributed by atoms with Gasteiger partial charge < -0.3 is 14.4 Å². The number of rotatable bonds is 15. The zero-order valence-electron chi connectivity index (χ0n) is 22.2. The van der Waals surface area contributed by atoms with Gasteiger partial charge in [-0.25, -0.2) is 8.42 Å². The number of benzene rings is 1. The molecule has 0 amide bonds. The lowest BCUT2D eigenvalue weighted by atomic mass is 9.91. The third-order valence-electron chi connectivity index (χ3n) is 6.59. The van der Waals surface area contributed by atoms with Crippen molar-refractivity contribution in [2.24, 2.45) is 5.92 Å². The van der Waals surface area contributed by atoms with Crippen LogP contribution in [0.3, 0.4) is 0 Å². The van der Waals surface area contributed by atoms with Crippen molar-refractivity contribution >= 4 is 27.4 Å². The van der Waals surface area contributed by atoms with Crippen LogP contribution in [0.5, 0.6) is 11.5 Å². The molecule has 0 saturated carbocycles. The number of pyridine rings is 1. The molecule has 0 aliphatic carbocycles. The number of nitrogens with one attached hydrogen (secondary N) is 1. The number of carbonyl (C=O) groups excluding carboxylic acids is 1. The predicted molar refractivity (Wildman–Crippen MR) is 148 cm³/mol. The third kappa shape index (κ3) is 9.54. The largest absolute Gasteiger partial charge is 0.490 e. The molecule has 0 atom stereocenters. The van der Waals surface area contributed by atoms with Gasteiger partial charge in [-0.05, 0) is 68.7 Å². The SMILES string of the molecule is CCCCS(=O)(=O)Nc1cccc(OCCCCC2CCN(c3ccncc3)CC2)c1OC(=O)CCC. The van der Waals surface area contributed by atoms with Gasteiger partial charge in [0.05, 0.1) is 18.0 Å². The van der Waals surface area contributed by atoms with Gasteiger partial charge in [0.25, 0.3) is 0 Å². The van der Waals surface area contributed by atoms with Crippen molar-refractivity contribution in [2.45, 2.75) is 71.6 Å². The number of ether oxygens (including phenoxy) is 2. The highest BCUT2D eigenvalue weighted by Gasteiger charge is 2.21. The van der Waals surface area contributed by atoms with Gasteiger partial charge in [0.2, 0.25) is 10.0 Å². The van der Waals surface area contributed by atoms with Crippen LogP contribution in [-0.4, -0.2) is 44.8 Å². The highest BCUT2D eigenvalue weighted by Crippen LogP contribution is 2.37. The molecule has 9 heteroatoms. The molecule has 1 aromatic heterocycles. The molecule has 0 bridgehead atoms. The minimum Gasteiger partial charge on any atom is -0.490 e. The fraction of sp³-hybridized carbons (Fsp3) is 0.571. The lowest BCUT2D eigenvalue weighted by molar-refractivity contribution is -0.134. The van der Waals surface area contributed by atoms with E-state index in [-0.39, 0.29) is 23.6 Å². The Bertz CT molecular complexity index is 1070. The minimum atomic E-state index is -3.55. The number of anilines is 2. The molecule has 1 fully saturated rings. The first-order valence-corrected chi connectivity index (χ1v) is 15.2. The summed E-state index contributed by atoms with van der Waals surface area (Å²) in [5, 5.41) is 0. The van der Waals surface area contributed by atoms with E-state index >= 15 is 0 Å². The topological polar surface area (TPSA) is 97.8 Å². The number of piperidine rings is 1. The van der Waals surface area contributed by atoms with Gasteiger partial charge in [-0.1, -0.05) is 32.8 Å². The van der Waals surface area contributed by atoms with Crippen LogP contribution in [0.2, 0.25) is 0 Å². The molecule has 1 N–H and O–H groups in total. The minimum absolute atomic E-state index is 0.0123. The van der Waals surface area contributed by atoms with Crippen molar-refractivity contribution < 1.29 is 22.7 Å². The van der Waals surface area contributed by atoms with Crippen molar-refractivity contribution in [3.63, 3.8) is 0 Å². The first-order valence-electron chi connectivity index (χ1n) is 13.5. The normalized spacial score (nSPS) is 14.4. The molecule has 1 saturated heterocycles. The standard InChI is InChI=1S/C28H41N3O5S/c1-3-5-22-37(33,34)30-25-11-8-12-26(28(25)36-27(32)9-4-2)35-21-7-6-10-23-15-19-31(20-16-23)24-13-17-29-18-14-24/h8,11-14,17-18,23,30H,3-7,9-10,15-16,19-22H2,1-2H3. The molecule has 1 aliphatic heterocycles. The molecule has 2 aromatic rings. The molecule has 1 aliphatic rings. The number of esters is 1. The molecule has 0 radical (unpaired) electrons. The number of hydrogen-bond acceptors (Lipinski definition) is 7. The first-order chi connectivity index (χ1) is 17.9. The summed E-state index contributed by atoms with van der Waals surface area (Å²) in [6.45, 7) is 6.44. The maximum Gasteiger partial charge on any atom is 0.311 e. The van der Waals surface area contributed by atoms with Gasteiger partial charge in [0, 0.05) is 37.6 Å². The second kappa shape index (κ2) is 14.8. The van der Waals surface area contributed by atoms with E-state index < -0.39 is 16.0 Å². The summed E-state index contributed by atoms with van der Waals surface area (Å²) in [6.07, 6.45) is 11.3. The fourth-order valence-corrected chi connectivity index (χ4v) is 5.76. The van der Waals surface area contributed by atoms with Crippen molar-refractivity contribution in [3.05, 3.63) is 42.7 Å². The quantitative estimate of drug-likeness (QED) is 0.176. The van der Waals surface area contributed by atoms with Crippen LogP contribution in [-0.2, 0) is 14.8 Å². The molecular formula is C28H41N3O5S. The summed E-state index contributed by atoms with van der Waals surface area (Å²) in [5.74, 6) is 0.837. The van der Waals surface area contributed by atoms with Crippen LogP contribution in [0, 0.1) is 5.92 Å². The average Bonchev–Trinajstić information content (AvgIpc) is 2.90. The summed E-state index contributed by atoms with van der Waals surface area (Å²) in [6, 6.07) is 9.16. The molecule has 8 nitrogen and oxygen atoms in total. The van der Waals surface area contributed by atoms with Crippen molar-refractivity contribution in [3.8, 4) is 11.5 Å². The highest BCUT2D eigenvalue weighted by atomic mass is 32.2. The molecular weight excluding hydrogens is 490 g/mol. The van der Waals surface area contributed by atoms with Gasteiger partial charge in [-0.2, -0.15) is 0 Å². The summed E-state index contributed by atoms with van der Waals surface area (Å²) in [5.41, 5.74) is 1.48. The Hall–Kier alpha value is -2.81. The van der Waals surface area contributed by atoms with Crippen LogP contribution in [0.4, 0.5) is 11.4 Å². The zero-order chi connectivity index (χ0) is 26.5. The van der Waals surface area contributed by atoms with E-state index in [0.29, 0.717) is 31.1 Å². The Kier molecular flexibility index (Phi) is 11.5. The second-order valence-electron chi connectivity index (χ2n) is 9.61. The number of hydrogen-bond donors (Lipinski definition) is 1. The molecule has 0 unspecified atom stereocenters. The second-order valence-corrected chi connectivity index (χ2v) is 11.5. The van der Waals surface area contributed by atoms with Crippen LogP contribution in [0.1, 0.15) is 71.6 Å². The number of carbonyl (C=O) groups is 1. The number of aromatic nitrogens is 1. The lowest BCUT2D eigenvalue weighted by Gasteiger charge is -2.33. The van der Waals surface area contributed by atoms with Crippen LogP contribution in [0.15, 0.2) is 42.7 Å². The Balaban J connectivity index is 1.51. The summed E-state index contributed by atoms with van der Waals surface area (Å²) < 4.78 is 39.1. The number of nitrogens with zero attached hydrogens (tertiary/aromatic N) is 2. The number of unbranched alkanes of at least 4 members (excludes halogenated alkanes) is 2. The Morgan fingerprint density at radius 1 is 1.05 bits per heavy atom. The van der Waals surface area contributed by atoms with Gasteiger partial charge >= 0.3 is 5.97 Å². The molecule has 1 aromatic carbocycles. The fourth-order valence-electron chi connectivity index (χ4n) is 4.49. The highest BCUT2D eigenvalue weighted by molar-refractivity contribution is 7.92. The van der Waals surface area contributed by atoms with Gasteiger partial charge in [0.15, 0.2) is 11.5 Å². The van der Waals surface area contributed by atoms with E-state index in [1.165, 1.54) is 18.5 Å².